The second-order valence-corrected chi connectivity index (χ2v) is 7.48. The Balaban J connectivity index is 1.59. The summed E-state index contributed by atoms with van der Waals surface area (Å²) in [7, 11) is 3.06. The van der Waals surface area contributed by atoms with E-state index < -0.39 is 11.8 Å². The van der Waals surface area contributed by atoms with Gasteiger partial charge in [0, 0.05) is 28.2 Å². The number of aromatic amines is 1. The number of H-pyrrole nitrogens is 1. The lowest BCUT2D eigenvalue weighted by molar-refractivity contribution is -0.117. The number of hydrogen-bond acceptors (Lipinski definition) is 5. The van der Waals surface area contributed by atoms with E-state index in [1.54, 1.807) is 61.0 Å². The van der Waals surface area contributed by atoms with Gasteiger partial charge in [-0.15, -0.1) is 0 Å². The zero-order valence-electron chi connectivity index (χ0n) is 19.2. The number of hydrazone groups is 1. The normalized spacial score (nSPS) is 11.4. The average Bonchev–Trinajstić information content (AvgIpc) is 3.31. The second-order valence-electron chi connectivity index (χ2n) is 7.48. The molecular formula is C27H24N4O4. The largest absolute Gasteiger partial charge is 0.493 e. The Morgan fingerprint density at radius 3 is 2.43 bits per heavy atom. The van der Waals surface area contributed by atoms with Crippen molar-refractivity contribution in [3.63, 3.8) is 0 Å². The number of para-hydroxylation sites is 1. The van der Waals surface area contributed by atoms with Gasteiger partial charge in [-0.1, -0.05) is 42.5 Å². The molecule has 0 aliphatic rings. The van der Waals surface area contributed by atoms with E-state index in [-0.39, 0.29) is 5.70 Å². The molecule has 0 unspecified atom stereocenters. The molecule has 176 valence electrons. The average molecular weight is 469 g/mol. The molecule has 0 radical (unpaired) electrons. The van der Waals surface area contributed by atoms with Gasteiger partial charge in [-0.3, -0.25) is 9.59 Å². The number of amides is 2. The second kappa shape index (κ2) is 10.8. The SMILES string of the molecule is COc1ccc(C=C(NC(=O)c2ccccc2)C(=O)N/N=C/c2c[nH]c3ccccc23)cc1OC. The number of aromatic nitrogens is 1. The maximum absolute atomic E-state index is 13.0. The van der Waals surface area contributed by atoms with Gasteiger partial charge < -0.3 is 19.8 Å². The summed E-state index contributed by atoms with van der Waals surface area (Å²) in [6.07, 6.45) is 4.89. The first-order valence-electron chi connectivity index (χ1n) is 10.8. The van der Waals surface area contributed by atoms with Crippen molar-refractivity contribution in [3.8, 4) is 11.5 Å². The van der Waals surface area contributed by atoms with Crippen LogP contribution in [0.4, 0.5) is 0 Å². The Bertz CT molecular complexity index is 1410. The van der Waals surface area contributed by atoms with Crippen LogP contribution in [0, 0.1) is 0 Å². The van der Waals surface area contributed by atoms with Crippen LogP contribution < -0.4 is 20.2 Å². The number of rotatable bonds is 8. The molecule has 0 fully saturated rings. The van der Waals surface area contributed by atoms with E-state index in [9.17, 15) is 9.59 Å². The fourth-order valence-electron chi connectivity index (χ4n) is 3.47. The van der Waals surface area contributed by atoms with Crippen molar-refractivity contribution < 1.29 is 19.1 Å². The number of benzene rings is 3. The summed E-state index contributed by atoms with van der Waals surface area (Å²) >= 11 is 0. The van der Waals surface area contributed by atoms with Gasteiger partial charge >= 0.3 is 0 Å². The fraction of sp³-hybridized carbons (Fsp3) is 0.0741. The Labute approximate surface area is 202 Å². The minimum atomic E-state index is -0.583. The number of fused-ring (bicyclic) bond motifs is 1. The quantitative estimate of drug-likeness (QED) is 0.206. The third-order valence-electron chi connectivity index (χ3n) is 5.24. The minimum Gasteiger partial charge on any atom is -0.493 e. The van der Waals surface area contributed by atoms with Gasteiger partial charge in [-0.05, 0) is 42.0 Å². The van der Waals surface area contributed by atoms with Crippen LogP contribution in [0.1, 0.15) is 21.5 Å². The van der Waals surface area contributed by atoms with E-state index in [1.807, 2.05) is 30.3 Å². The number of carbonyl (C=O) groups is 2. The fourth-order valence-corrected chi connectivity index (χ4v) is 3.47. The number of ether oxygens (including phenoxy) is 2. The van der Waals surface area contributed by atoms with Crippen molar-refractivity contribution in [1.29, 1.82) is 0 Å². The topological polar surface area (TPSA) is 105 Å². The molecular weight excluding hydrogens is 444 g/mol. The van der Waals surface area contributed by atoms with Crippen molar-refractivity contribution in [3.05, 3.63) is 101 Å². The molecule has 0 aliphatic carbocycles. The molecule has 0 saturated carbocycles. The van der Waals surface area contributed by atoms with Crippen LogP contribution in [0.15, 0.2) is 89.8 Å². The molecule has 3 aromatic carbocycles. The first kappa shape index (κ1) is 23.3. The van der Waals surface area contributed by atoms with E-state index in [2.05, 4.69) is 20.8 Å². The highest BCUT2D eigenvalue weighted by molar-refractivity contribution is 6.06. The predicted octanol–water partition coefficient (Wildman–Crippen LogP) is 4.11. The van der Waals surface area contributed by atoms with Crippen LogP contribution in [0.5, 0.6) is 11.5 Å². The van der Waals surface area contributed by atoms with Gasteiger partial charge in [0.25, 0.3) is 11.8 Å². The smallest absolute Gasteiger partial charge is 0.287 e. The van der Waals surface area contributed by atoms with Gasteiger partial charge in [0.05, 0.1) is 20.4 Å². The highest BCUT2D eigenvalue weighted by atomic mass is 16.5. The third kappa shape index (κ3) is 5.56. The summed E-state index contributed by atoms with van der Waals surface area (Å²) in [6.45, 7) is 0. The zero-order chi connectivity index (χ0) is 24.6. The van der Waals surface area contributed by atoms with Crippen LogP contribution in [-0.2, 0) is 4.79 Å². The summed E-state index contributed by atoms with van der Waals surface area (Å²) in [5.41, 5.74) is 5.33. The molecule has 0 atom stereocenters. The van der Waals surface area contributed by atoms with E-state index in [0.717, 1.165) is 16.5 Å². The predicted molar refractivity (Wildman–Crippen MR) is 135 cm³/mol. The minimum absolute atomic E-state index is 0.0159. The van der Waals surface area contributed by atoms with Crippen molar-refractivity contribution in [2.24, 2.45) is 5.10 Å². The molecule has 4 aromatic rings. The molecule has 1 aromatic heterocycles. The Hall–Kier alpha value is -4.85. The molecule has 35 heavy (non-hydrogen) atoms. The lowest BCUT2D eigenvalue weighted by Gasteiger charge is -2.11. The number of hydrogen-bond donors (Lipinski definition) is 3. The molecule has 4 rings (SSSR count). The van der Waals surface area contributed by atoms with E-state index in [0.29, 0.717) is 22.6 Å². The van der Waals surface area contributed by atoms with Crippen LogP contribution >= 0.6 is 0 Å². The number of nitrogens with one attached hydrogen (secondary N) is 3. The molecule has 0 bridgehead atoms. The standard InChI is InChI=1S/C27H24N4O4/c1-34-24-13-12-18(15-25(24)35-2)14-23(30-26(32)19-8-4-3-5-9-19)27(33)31-29-17-20-16-28-22-11-7-6-10-21(20)22/h3-17,28H,1-2H3,(H,30,32)(H,31,33)/b23-14?,29-17+. The summed E-state index contributed by atoms with van der Waals surface area (Å²) in [5.74, 6) is 0.0355. The highest BCUT2D eigenvalue weighted by Gasteiger charge is 2.15. The molecule has 0 spiro atoms. The molecule has 1 heterocycles. The molecule has 0 saturated heterocycles. The maximum Gasteiger partial charge on any atom is 0.287 e. The van der Waals surface area contributed by atoms with Gasteiger partial charge in [-0.2, -0.15) is 5.10 Å². The van der Waals surface area contributed by atoms with Crippen molar-refractivity contribution >= 4 is 35.0 Å². The molecule has 2 amide bonds. The van der Waals surface area contributed by atoms with Crippen LogP contribution in [0.3, 0.4) is 0 Å². The zero-order valence-corrected chi connectivity index (χ0v) is 19.2. The summed E-state index contributed by atoms with van der Waals surface area (Å²) in [4.78, 5) is 28.9. The van der Waals surface area contributed by atoms with Crippen molar-refractivity contribution in [1.82, 2.24) is 15.7 Å². The first-order chi connectivity index (χ1) is 17.1. The molecule has 8 nitrogen and oxygen atoms in total. The monoisotopic (exact) mass is 468 g/mol. The molecule has 0 aliphatic heterocycles. The summed E-state index contributed by atoms with van der Waals surface area (Å²) in [6, 6.07) is 21.6. The van der Waals surface area contributed by atoms with Gasteiger partial charge in [-0.25, -0.2) is 5.43 Å². The first-order valence-corrected chi connectivity index (χ1v) is 10.8. The van der Waals surface area contributed by atoms with Crippen LogP contribution in [0.2, 0.25) is 0 Å². The van der Waals surface area contributed by atoms with E-state index in [1.165, 1.54) is 14.2 Å². The van der Waals surface area contributed by atoms with E-state index in [4.69, 9.17) is 9.47 Å². The van der Waals surface area contributed by atoms with Crippen molar-refractivity contribution in [2.75, 3.05) is 14.2 Å². The number of carbonyl (C=O) groups excluding carboxylic acids is 2. The lowest BCUT2D eigenvalue weighted by Crippen LogP contribution is -2.32. The third-order valence-corrected chi connectivity index (χ3v) is 5.24. The number of nitrogens with zero attached hydrogens (tertiary/aromatic N) is 1. The number of methoxy groups -OCH3 is 2. The summed E-state index contributed by atoms with van der Waals surface area (Å²) in [5, 5.41) is 7.74. The Kier molecular flexibility index (Phi) is 7.22. The highest BCUT2D eigenvalue weighted by Crippen LogP contribution is 2.28. The van der Waals surface area contributed by atoms with Crippen LogP contribution in [-0.4, -0.2) is 37.2 Å². The Morgan fingerprint density at radius 2 is 1.66 bits per heavy atom. The van der Waals surface area contributed by atoms with Crippen molar-refractivity contribution in [2.45, 2.75) is 0 Å². The van der Waals surface area contributed by atoms with Gasteiger partial charge in [0.1, 0.15) is 5.70 Å². The van der Waals surface area contributed by atoms with Gasteiger partial charge in [0.2, 0.25) is 0 Å². The van der Waals surface area contributed by atoms with Gasteiger partial charge in [0.15, 0.2) is 11.5 Å². The lowest BCUT2D eigenvalue weighted by atomic mass is 10.1. The summed E-state index contributed by atoms with van der Waals surface area (Å²) < 4.78 is 10.6. The van der Waals surface area contributed by atoms with Crippen LogP contribution in [0.25, 0.3) is 17.0 Å². The molecule has 3 N–H and O–H groups in total. The molecule has 8 heteroatoms. The Morgan fingerprint density at radius 1 is 0.914 bits per heavy atom. The maximum atomic E-state index is 13.0. The van der Waals surface area contributed by atoms with E-state index >= 15 is 0 Å².